The lowest BCUT2D eigenvalue weighted by Crippen LogP contribution is -2.50. The Hall–Kier alpha value is -2.71. The molecule has 0 amide bonds. The number of methoxy groups -OCH3 is 1. The average Bonchev–Trinajstić information content (AvgIpc) is 3.43. The molecule has 8 nitrogen and oxygen atoms in total. The van der Waals surface area contributed by atoms with Crippen molar-refractivity contribution in [3.63, 3.8) is 0 Å². The van der Waals surface area contributed by atoms with E-state index in [1.807, 2.05) is 44.2 Å². The largest absolute Gasteiger partial charge is 0.497 e. The summed E-state index contributed by atoms with van der Waals surface area (Å²) in [6.45, 7) is 25.6. The van der Waals surface area contributed by atoms with Crippen LogP contribution >= 0.6 is 0 Å². The zero-order valence-corrected chi connectivity index (χ0v) is 34.5. The zero-order valence-electron chi connectivity index (χ0n) is 33.5. The molecule has 1 aromatic carbocycles. The third-order valence-electron chi connectivity index (χ3n) is 10.3. The molecule has 0 spiro atoms. The molecule has 290 valence electrons. The monoisotopic (exact) mass is 738 g/mol. The van der Waals surface area contributed by atoms with Gasteiger partial charge in [-0.1, -0.05) is 103 Å². The van der Waals surface area contributed by atoms with E-state index < -0.39 is 20.1 Å². The quantitative estimate of drug-likeness (QED) is 0.0803. The summed E-state index contributed by atoms with van der Waals surface area (Å²) in [6.07, 6.45) is 12.4. The molecule has 0 aromatic heterocycles. The standard InChI is InChI=1S/C43H66O8Si/c1-30(2)52(31(3)4,32(5)6)51-39(27-34(8)25-33(7)26-38-17-12-15-37(49-38)16-14-20-42(44)45)18-13-19-40(41-29-48-43(9,10)50-41)47-28-35-21-23-36(46-11)24-22-35/h12-13,15,18,21-24,30-33,37-41H,8,16-17,19,25-29H2,1-7,9-11H3,(H,44,45)/b18-13+. The lowest BCUT2D eigenvalue weighted by atomic mass is 9.91. The Labute approximate surface area is 315 Å². The Morgan fingerprint density at radius 1 is 1.08 bits per heavy atom. The molecule has 1 saturated heterocycles. The van der Waals surface area contributed by atoms with Crippen LogP contribution in [0.1, 0.15) is 106 Å². The molecule has 3 rings (SSSR count). The second-order valence-corrected chi connectivity index (χ2v) is 21.4. The average molecular weight is 739 g/mol. The molecule has 0 bridgehead atoms. The molecule has 6 atom stereocenters. The molecule has 52 heavy (non-hydrogen) atoms. The third-order valence-corrected chi connectivity index (χ3v) is 16.4. The van der Waals surface area contributed by atoms with E-state index in [2.05, 4.69) is 85.1 Å². The summed E-state index contributed by atoms with van der Waals surface area (Å²) in [5.74, 6) is 4.30. The molecule has 2 aliphatic rings. The molecule has 0 radical (unpaired) electrons. The maximum absolute atomic E-state index is 10.8. The smallest absolute Gasteiger partial charge is 0.381 e. The Bertz CT molecular complexity index is 1360. The number of ether oxygens (including phenoxy) is 5. The van der Waals surface area contributed by atoms with E-state index in [9.17, 15) is 4.79 Å². The van der Waals surface area contributed by atoms with Crippen molar-refractivity contribution in [3.05, 3.63) is 66.3 Å². The molecule has 1 fully saturated rings. The molecule has 1 N–H and O–H groups in total. The zero-order chi connectivity index (χ0) is 38.5. The van der Waals surface area contributed by atoms with Crippen molar-refractivity contribution < 1.29 is 38.0 Å². The highest BCUT2D eigenvalue weighted by Crippen LogP contribution is 2.44. The van der Waals surface area contributed by atoms with Gasteiger partial charge in [0.15, 0.2) is 5.79 Å². The van der Waals surface area contributed by atoms with Crippen LogP contribution in [0.15, 0.2) is 60.7 Å². The molecule has 0 aliphatic carbocycles. The van der Waals surface area contributed by atoms with Crippen LogP contribution in [0, 0.1) is 17.8 Å². The molecular formula is C43H66O8Si. The van der Waals surface area contributed by atoms with Crippen molar-refractivity contribution in [3.8, 4) is 17.6 Å². The molecule has 2 aliphatic heterocycles. The number of carboxylic acids is 1. The van der Waals surface area contributed by atoms with Gasteiger partial charge in [0, 0.05) is 12.3 Å². The number of rotatable bonds is 20. The fraction of sp³-hybridized carbons (Fsp3) is 0.651. The highest BCUT2D eigenvalue weighted by atomic mass is 28.4. The predicted molar refractivity (Wildman–Crippen MR) is 211 cm³/mol. The van der Waals surface area contributed by atoms with Gasteiger partial charge in [-0.3, -0.25) is 0 Å². The number of aliphatic carboxylic acids is 1. The number of carbonyl (C=O) groups is 1. The fourth-order valence-electron chi connectivity index (χ4n) is 7.95. The summed E-state index contributed by atoms with van der Waals surface area (Å²) in [6, 6.07) is 7.95. The maximum atomic E-state index is 10.8. The van der Waals surface area contributed by atoms with E-state index in [4.69, 9.17) is 33.2 Å². The van der Waals surface area contributed by atoms with Crippen molar-refractivity contribution in [2.24, 2.45) is 5.92 Å². The van der Waals surface area contributed by atoms with Crippen LogP contribution in [0.5, 0.6) is 5.75 Å². The van der Waals surface area contributed by atoms with Gasteiger partial charge >= 0.3 is 5.97 Å². The van der Waals surface area contributed by atoms with Crippen molar-refractivity contribution in [2.45, 2.75) is 160 Å². The SMILES string of the molecule is C=C(CC(C)CC1CC=CC(CC#CC(=O)O)O1)CC(/C=C/CC(OCc1ccc(OC)cc1)C1COC(C)(C)O1)O[Si](C(C)C)(C(C)C)C(C)C. The van der Waals surface area contributed by atoms with Crippen molar-refractivity contribution >= 4 is 14.3 Å². The van der Waals surface area contributed by atoms with Crippen LogP contribution in [0.3, 0.4) is 0 Å². The predicted octanol–water partition coefficient (Wildman–Crippen LogP) is 9.79. The molecule has 6 unspecified atom stereocenters. The highest BCUT2D eigenvalue weighted by Gasteiger charge is 2.46. The highest BCUT2D eigenvalue weighted by molar-refractivity contribution is 6.77. The van der Waals surface area contributed by atoms with Crippen LogP contribution < -0.4 is 4.74 Å². The number of carboxylic acid groups (broad SMARTS) is 1. The van der Waals surface area contributed by atoms with Crippen LogP contribution in [0.2, 0.25) is 16.6 Å². The topological polar surface area (TPSA) is 92.7 Å². The summed E-state index contributed by atoms with van der Waals surface area (Å²) in [4.78, 5) is 10.8. The third kappa shape index (κ3) is 13.6. The summed E-state index contributed by atoms with van der Waals surface area (Å²) in [5.41, 5.74) is 3.59. The lowest BCUT2D eigenvalue weighted by Gasteiger charge is -2.44. The first-order valence-corrected chi connectivity index (χ1v) is 21.3. The van der Waals surface area contributed by atoms with Gasteiger partial charge in [0.25, 0.3) is 0 Å². The lowest BCUT2D eigenvalue weighted by molar-refractivity contribution is -0.157. The summed E-state index contributed by atoms with van der Waals surface area (Å²) >= 11 is 0. The van der Waals surface area contributed by atoms with Gasteiger partial charge in [-0.2, -0.15) is 0 Å². The van der Waals surface area contributed by atoms with Crippen LogP contribution in [-0.4, -0.2) is 69.4 Å². The van der Waals surface area contributed by atoms with Gasteiger partial charge in [-0.15, -0.1) is 0 Å². The maximum Gasteiger partial charge on any atom is 0.381 e. The van der Waals surface area contributed by atoms with Gasteiger partial charge in [0.05, 0.1) is 44.7 Å². The van der Waals surface area contributed by atoms with E-state index in [0.29, 0.717) is 48.6 Å². The Kier molecular flexibility index (Phi) is 17.4. The second kappa shape index (κ2) is 20.7. The van der Waals surface area contributed by atoms with Crippen LogP contribution in [-0.2, 0) is 34.8 Å². The molecule has 9 heteroatoms. The normalized spacial score (nSPS) is 22.1. The van der Waals surface area contributed by atoms with Gasteiger partial charge in [-0.25, -0.2) is 4.79 Å². The first-order valence-electron chi connectivity index (χ1n) is 19.2. The second-order valence-electron chi connectivity index (χ2n) is 16.0. The van der Waals surface area contributed by atoms with Crippen LogP contribution in [0.4, 0.5) is 0 Å². The van der Waals surface area contributed by atoms with E-state index in [0.717, 1.165) is 42.6 Å². The van der Waals surface area contributed by atoms with Crippen molar-refractivity contribution in [1.82, 2.24) is 0 Å². The van der Waals surface area contributed by atoms with E-state index in [1.165, 1.54) is 0 Å². The van der Waals surface area contributed by atoms with E-state index in [1.54, 1.807) is 7.11 Å². The van der Waals surface area contributed by atoms with E-state index >= 15 is 0 Å². The van der Waals surface area contributed by atoms with Gasteiger partial charge in [0.1, 0.15) is 11.9 Å². The number of hydrogen-bond donors (Lipinski definition) is 1. The van der Waals surface area contributed by atoms with Crippen LogP contribution in [0.25, 0.3) is 0 Å². The van der Waals surface area contributed by atoms with Gasteiger partial charge in [-0.05, 0) is 86.2 Å². The minimum Gasteiger partial charge on any atom is -0.497 e. The summed E-state index contributed by atoms with van der Waals surface area (Å²) < 4.78 is 37.7. The van der Waals surface area contributed by atoms with Crippen molar-refractivity contribution in [2.75, 3.05) is 13.7 Å². The van der Waals surface area contributed by atoms with E-state index in [-0.39, 0.29) is 30.5 Å². The molecule has 2 heterocycles. The molecule has 1 aromatic rings. The summed E-state index contributed by atoms with van der Waals surface area (Å²) in [5, 5.41) is 8.84. The Morgan fingerprint density at radius 2 is 1.75 bits per heavy atom. The van der Waals surface area contributed by atoms with Crippen molar-refractivity contribution in [1.29, 1.82) is 0 Å². The van der Waals surface area contributed by atoms with Gasteiger partial charge < -0.3 is 33.2 Å². The molecular weight excluding hydrogens is 673 g/mol. The number of hydrogen-bond acceptors (Lipinski definition) is 7. The minimum atomic E-state index is -2.20. The Morgan fingerprint density at radius 3 is 2.33 bits per heavy atom. The number of benzene rings is 1. The minimum absolute atomic E-state index is 0.0702. The Balaban J connectivity index is 1.74. The van der Waals surface area contributed by atoms with Gasteiger partial charge in [0.2, 0.25) is 8.32 Å². The molecule has 0 saturated carbocycles. The fourth-order valence-corrected chi connectivity index (χ4v) is 13.5. The first-order chi connectivity index (χ1) is 24.5. The first kappa shape index (κ1) is 43.7. The summed E-state index contributed by atoms with van der Waals surface area (Å²) in [7, 11) is -0.534.